The fourth-order valence-corrected chi connectivity index (χ4v) is 5.67. The van der Waals surface area contributed by atoms with Crippen molar-refractivity contribution in [2.24, 2.45) is 23.2 Å². The van der Waals surface area contributed by atoms with Crippen molar-refractivity contribution in [2.45, 2.75) is 71.8 Å². The second kappa shape index (κ2) is 7.19. The third-order valence-electron chi connectivity index (χ3n) is 6.85. The zero-order valence-electron chi connectivity index (χ0n) is 15.9. The molecule has 0 bridgehead atoms. The van der Waals surface area contributed by atoms with Crippen molar-refractivity contribution in [2.75, 3.05) is 19.6 Å². The molecule has 3 nitrogen and oxygen atoms in total. The van der Waals surface area contributed by atoms with Gasteiger partial charge in [0.25, 0.3) is 0 Å². The normalized spacial score (nSPS) is 38.8. The maximum Gasteiger partial charge on any atom is 0.310 e. The first-order chi connectivity index (χ1) is 11.5. The van der Waals surface area contributed by atoms with E-state index < -0.39 is 0 Å². The zero-order chi connectivity index (χ0) is 17.3. The summed E-state index contributed by atoms with van der Waals surface area (Å²) in [6, 6.07) is 0. The molecule has 24 heavy (non-hydrogen) atoms. The number of esters is 1. The van der Waals surface area contributed by atoms with Gasteiger partial charge in [-0.15, -0.1) is 0 Å². The second-order valence-corrected chi connectivity index (χ2v) is 8.70. The van der Waals surface area contributed by atoms with Crippen molar-refractivity contribution < 1.29 is 9.53 Å². The molecular formula is C21H35NO2. The molecule has 3 aliphatic rings. The van der Waals surface area contributed by atoms with Crippen LogP contribution in [0.2, 0.25) is 0 Å². The summed E-state index contributed by atoms with van der Waals surface area (Å²) in [4.78, 5) is 15.1. The minimum Gasteiger partial charge on any atom is -0.462 e. The van der Waals surface area contributed by atoms with Crippen molar-refractivity contribution in [3.63, 3.8) is 0 Å². The lowest BCUT2D eigenvalue weighted by Crippen LogP contribution is -2.45. The molecule has 0 aromatic heterocycles. The molecule has 3 heteroatoms. The highest BCUT2D eigenvalue weighted by Gasteiger charge is 2.55. The number of hydrogen-bond acceptors (Lipinski definition) is 3. The van der Waals surface area contributed by atoms with Crippen LogP contribution in [0.5, 0.6) is 0 Å². The van der Waals surface area contributed by atoms with E-state index in [-0.39, 0.29) is 18.0 Å². The Morgan fingerprint density at radius 2 is 2.00 bits per heavy atom. The van der Waals surface area contributed by atoms with Crippen LogP contribution in [0.4, 0.5) is 0 Å². The van der Waals surface area contributed by atoms with Crippen LogP contribution in [0.1, 0.15) is 65.7 Å². The fourth-order valence-electron chi connectivity index (χ4n) is 5.67. The largest absolute Gasteiger partial charge is 0.462 e. The van der Waals surface area contributed by atoms with Gasteiger partial charge < -0.3 is 9.64 Å². The Morgan fingerprint density at radius 3 is 2.67 bits per heavy atom. The van der Waals surface area contributed by atoms with Gasteiger partial charge in [-0.05, 0) is 69.4 Å². The van der Waals surface area contributed by atoms with Crippen LogP contribution in [0.3, 0.4) is 0 Å². The summed E-state index contributed by atoms with van der Waals surface area (Å²) in [6.45, 7) is 14.3. The number of nitrogens with zero attached hydrogens (tertiary/aromatic N) is 1. The predicted molar refractivity (Wildman–Crippen MR) is 97.7 cm³/mol. The zero-order valence-corrected chi connectivity index (χ0v) is 15.9. The molecule has 2 saturated carbocycles. The maximum absolute atomic E-state index is 12.6. The minimum absolute atomic E-state index is 0.0649. The number of rotatable bonds is 6. The summed E-state index contributed by atoms with van der Waals surface area (Å²) in [5, 5.41) is 0. The Kier molecular flexibility index (Phi) is 5.39. The molecule has 1 saturated heterocycles. The Morgan fingerprint density at radius 1 is 1.29 bits per heavy atom. The van der Waals surface area contributed by atoms with Gasteiger partial charge in [-0.3, -0.25) is 4.79 Å². The molecule has 3 fully saturated rings. The van der Waals surface area contributed by atoms with Crippen molar-refractivity contribution in [1.29, 1.82) is 0 Å². The van der Waals surface area contributed by atoms with Gasteiger partial charge in [0.15, 0.2) is 0 Å². The lowest BCUT2D eigenvalue weighted by molar-refractivity contribution is -0.146. The molecule has 3 rings (SSSR count). The number of allylic oxidation sites excluding steroid dienone is 1. The van der Waals surface area contributed by atoms with E-state index in [0.717, 1.165) is 45.3 Å². The maximum atomic E-state index is 12.6. The third kappa shape index (κ3) is 3.29. The molecule has 0 aromatic carbocycles. The fraction of sp³-hybridized carbons (Fsp3) is 0.857. The predicted octanol–water partition coefficient (Wildman–Crippen LogP) is 4.42. The number of carbonyl (C=O) groups is 1. The molecule has 5 atom stereocenters. The van der Waals surface area contributed by atoms with Gasteiger partial charge in [0, 0.05) is 12.5 Å². The number of fused-ring (bicyclic) bond motifs is 2. The Bertz CT molecular complexity index is 482. The number of hydrogen-bond donors (Lipinski definition) is 0. The number of ether oxygens (including phenoxy) is 1. The first-order valence-electron chi connectivity index (χ1n) is 10.1. The summed E-state index contributed by atoms with van der Waals surface area (Å²) < 4.78 is 5.89. The van der Waals surface area contributed by atoms with Gasteiger partial charge in [0.1, 0.15) is 6.10 Å². The summed E-state index contributed by atoms with van der Waals surface area (Å²) >= 11 is 0. The molecule has 0 spiro atoms. The van der Waals surface area contributed by atoms with E-state index in [2.05, 4.69) is 32.3 Å². The Hall–Kier alpha value is -0.830. The van der Waals surface area contributed by atoms with Gasteiger partial charge in [0.2, 0.25) is 0 Å². The summed E-state index contributed by atoms with van der Waals surface area (Å²) in [7, 11) is 0. The van der Waals surface area contributed by atoms with Crippen LogP contribution < -0.4 is 0 Å². The summed E-state index contributed by atoms with van der Waals surface area (Å²) in [5.41, 5.74) is 1.73. The molecule has 1 unspecified atom stereocenters. The quantitative estimate of drug-likeness (QED) is 0.532. The van der Waals surface area contributed by atoms with E-state index in [1.165, 1.54) is 24.8 Å². The van der Waals surface area contributed by atoms with E-state index in [9.17, 15) is 4.79 Å². The third-order valence-corrected chi connectivity index (χ3v) is 6.85. The van der Waals surface area contributed by atoms with Crippen molar-refractivity contribution in [1.82, 2.24) is 4.90 Å². The molecule has 0 N–H and O–H groups in total. The van der Waals surface area contributed by atoms with Crippen molar-refractivity contribution in [3.05, 3.63) is 12.2 Å². The Labute approximate surface area is 147 Å². The van der Waals surface area contributed by atoms with Crippen LogP contribution in [0.15, 0.2) is 12.2 Å². The van der Waals surface area contributed by atoms with Gasteiger partial charge in [-0.1, -0.05) is 32.9 Å². The first kappa shape index (κ1) is 18.0. The van der Waals surface area contributed by atoms with Gasteiger partial charge in [-0.2, -0.15) is 0 Å². The van der Waals surface area contributed by atoms with Crippen molar-refractivity contribution >= 4 is 5.97 Å². The average molecular weight is 334 g/mol. The van der Waals surface area contributed by atoms with Crippen molar-refractivity contribution in [3.8, 4) is 0 Å². The molecule has 0 amide bonds. The molecular weight excluding hydrogens is 298 g/mol. The topological polar surface area (TPSA) is 29.5 Å². The van der Waals surface area contributed by atoms with Crippen LogP contribution >= 0.6 is 0 Å². The standard InChI is InChI=1S/C21H35NO2/c1-5-10-22(11-6-2)14-17-16-12-18-15(3)8-7-9-21(18,4)13-19(16)24-20(17)23/h16-19H,3,5-14H2,1-2,4H3/t16?,17-,18-,19+,21+/m0/s1. The Balaban J connectivity index is 1.74. The lowest BCUT2D eigenvalue weighted by Gasteiger charge is -2.50. The van der Waals surface area contributed by atoms with E-state index in [0.29, 0.717) is 17.3 Å². The summed E-state index contributed by atoms with van der Waals surface area (Å²) in [5.74, 6) is 1.14. The van der Waals surface area contributed by atoms with Crippen LogP contribution in [-0.2, 0) is 9.53 Å². The molecule has 0 radical (unpaired) electrons. The molecule has 1 heterocycles. The average Bonchev–Trinajstić information content (AvgIpc) is 2.80. The molecule has 136 valence electrons. The van der Waals surface area contributed by atoms with Gasteiger partial charge in [0.05, 0.1) is 5.92 Å². The smallest absolute Gasteiger partial charge is 0.310 e. The number of carbonyl (C=O) groups excluding carboxylic acids is 1. The van der Waals surface area contributed by atoms with Crippen LogP contribution in [0, 0.1) is 23.2 Å². The summed E-state index contributed by atoms with van der Waals surface area (Å²) in [6.07, 6.45) is 8.30. The molecule has 1 aliphatic heterocycles. The monoisotopic (exact) mass is 333 g/mol. The van der Waals surface area contributed by atoms with Gasteiger partial charge in [-0.25, -0.2) is 0 Å². The minimum atomic E-state index is 0.0649. The van der Waals surface area contributed by atoms with Gasteiger partial charge >= 0.3 is 5.97 Å². The second-order valence-electron chi connectivity index (χ2n) is 8.70. The van der Waals surface area contributed by atoms with E-state index in [1.807, 2.05) is 0 Å². The van der Waals surface area contributed by atoms with Crippen LogP contribution in [-0.4, -0.2) is 36.6 Å². The highest BCUT2D eigenvalue weighted by molar-refractivity contribution is 5.75. The first-order valence-corrected chi connectivity index (χ1v) is 10.1. The van der Waals surface area contributed by atoms with Crippen LogP contribution in [0.25, 0.3) is 0 Å². The van der Waals surface area contributed by atoms with E-state index in [1.54, 1.807) is 0 Å². The van der Waals surface area contributed by atoms with E-state index in [4.69, 9.17) is 4.74 Å². The SMILES string of the molecule is C=C1CCC[C@]2(C)C[C@H]3OC(=O)[C@@H](CN(CCC)CCC)C3C[C@@H]12. The van der Waals surface area contributed by atoms with E-state index >= 15 is 0 Å². The molecule has 2 aliphatic carbocycles. The molecule has 0 aromatic rings. The lowest BCUT2D eigenvalue weighted by atomic mass is 9.55. The highest BCUT2D eigenvalue weighted by atomic mass is 16.6. The highest BCUT2D eigenvalue weighted by Crippen LogP contribution is 2.56.